The average Bonchev–Trinajstić information content (AvgIpc) is 2.59. The van der Waals surface area contributed by atoms with Gasteiger partial charge < -0.3 is 4.74 Å². The summed E-state index contributed by atoms with van der Waals surface area (Å²) in [4.78, 5) is 27.3. The summed E-state index contributed by atoms with van der Waals surface area (Å²) in [5, 5.41) is 11.7. The number of carbonyl (C=O) groups is 1. The third-order valence-corrected chi connectivity index (χ3v) is 3.61. The van der Waals surface area contributed by atoms with Gasteiger partial charge in [-0.25, -0.2) is 4.79 Å². The van der Waals surface area contributed by atoms with Gasteiger partial charge in [0.25, 0.3) is 5.69 Å². The number of ether oxygens (including phenoxy) is 1. The van der Waals surface area contributed by atoms with Crippen molar-refractivity contribution in [2.75, 3.05) is 0 Å². The molecule has 0 amide bonds. The number of fused-ring (bicyclic) bond motifs is 1. The fourth-order valence-corrected chi connectivity index (χ4v) is 2.51. The summed E-state index contributed by atoms with van der Waals surface area (Å²) in [5.41, 5.74) is 2.09. The van der Waals surface area contributed by atoms with Crippen LogP contribution in [0.25, 0.3) is 10.9 Å². The Labute approximate surface area is 137 Å². The van der Waals surface area contributed by atoms with Crippen molar-refractivity contribution in [1.82, 2.24) is 4.98 Å². The lowest BCUT2D eigenvalue weighted by Crippen LogP contribution is -2.08. The Morgan fingerprint density at radius 3 is 2.67 bits per heavy atom. The summed E-state index contributed by atoms with van der Waals surface area (Å²) >= 11 is 0. The maximum atomic E-state index is 12.4. The van der Waals surface area contributed by atoms with Gasteiger partial charge in [-0.05, 0) is 25.1 Å². The van der Waals surface area contributed by atoms with Crippen molar-refractivity contribution in [3.63, 3.8) is 0 Å². The number of rotatable bonds is 4. The van der Waals surface area contributed by atoms with Gasteiger partial charge in [-0.15, -0.1) is 0 Å². The molecule has 0 fully saturated rings. The largest absolute Gasteiger partial charge is 0.457 e. The quantitative estimate of drug-likeness (QED) is 0.414. The first-order valence-corrected chi connectivity index (χ1v) is 7.32. The number of aryl methyl sites for hydroxylation is 1. The van der Waals surface area contributed by atoms with E-state index in [1.54, 1.807) is 37.3 Å². The predicted molar refractivity (Wildman–Crippen MR) is 88.7 cm³/mol. The number of carbonyl (C=O) groups excluding carboxylic acids is 1. The van der Waals surface area contributed by atoms with Crippen LogP contribution in [0.3, 0.4) is 0 Å². The molecule has 3 rings (SSSR count). The monoisotopic (exact) mass is 322 g/mol. The lowest BCUT2D eigenvalue weighted by Gasteiger charge is -2.09. The second-order valence-electron chi connectivity index (χ2n) is 5.29. The molecule has 0 aliphatic rings. The molecule has 0 unspecified atom stereocenters. The molecule has 0 aliphatic carbocycles. The summed E-state index contributed by atoms with van der Waals surface area (Å²) in [6.45, 7) is 1.64. The van der Waals surface area contributed by atoms with Crippen LogP contribution in [0, 0.1) is 17.0 Å². The van der Waals surface area contributed by atoms with Crippen LogP contribution < -0.4 is 0 Å². The minimum Gasteiger partial charge on any atom is -0.457 e. The highest BCUT2D eigenvalue weighted by Crippen LogP contribution is 2.22. The predicted octanol–water partition coefficient (Wildman–Crippen LogP) is 3.81. The standard InChI is InChI=1S/C18H14N2O4/c1-12-10-15(14-7-3-4-8-16(14)19-12)18(21)24-11-13-6-2-5-9-17(13)20(22)23/h2-10H,11H2,1H3. The van der Waals surface area contributed by atoms with Crippen LogP contribution in [0.15, 0.2) is 54.6 Å². The molecule has 3 aromatic rings. The van der Waals surface area contributed by atoms with Crippen molar-refractivity contribution in [2.45, 2.75) is 13.5 Å². The van der Waals surface area contributed by atoms with Gasteiger partial charge in [-0.1, -0.05) is 30.3 Å². The van der Waals surface area contributed by atoms with Gasteiger partial charge in [0, 0.05) is 17.1 Å². The lowest BCUT2D eigenvalue weighted by atomic mass is 10.1. The third kappa shape index (κ3) is 3.08. The number of nitro groups is 1. The Morgan fingerprint density at radius 2 is 1.88 bits per heavy atom. The highest BCUT2D eigenvalue weighted by atomic mass is 16.6. The van der Waals surface area contributed by atoms with E-state index in [0.717, 1.165) is 0 Å². The van der Waals surface area contributed by atoms with E-state index < -0.39 is 10.9 Å². The number of para-hydroxylation sites is 2. The molecule has 0 N–H and O–H groups in total. The smallest absolute Gasteiger partial charge is 0.339 e. The van der Waals surface area contributed by atoms with Gasteiger partial charge >= 0.3 is 5.97 Å². The molecule has 0 radical (unpaired) electrons. The molecule has 6 heteroatoms. The van der Waals surface area contributed by atoms with Gasteiger partial charge in [-0.2, -0.15) is 0 Å². The number of hydrogen-bond donors (Lipinski definition) is 0. The molecule has 0 atom stereocenters. The normalized spacial score (nSPS) is 10.5. The first-order valence-electron chi connectivity index (χ1n) is 7.32. The Balaban J connectivity index is 1.88. The van der Waals surface area contributed by atoms with E-state index in [4.69, 9.17) is 4.74 Å². The highest BCUT2D eigenvalue weighted by Gasteiger charge is 2.17. The number of pyridine rings is 1. The molecule has 0 saturated heterocycles. The SMILES string of the molecule is Cc1cc(C(=O)OCc2ccccc2[N+](=O)[O-])c2ccccc2n1. The van der Waals surface area contributed by atoms with E-state index in [-0.39, 0.29) is 12.3 Å². The second-order valence-corrected chi connectivity index (χ2v) is 5.29. The number of benzene rings is 2. The van der Waals surface area contributed by atoms with E-state index in [0.29, 0.717) is 27.7 Å². The first kappa shape index (κ1) is 15.6. The fourth-order valence-electron chi connectivity index (χ4n) is 2.51. The van der Waals surface area contributed by atoms with Crippen LogP contribution in [-0.4, -0.2) is 15.9 Å². The number of nitro benzene ring substituents is 1. The van der Waals surface area contributed by atoms with Crippen molar-refractivity contribution < 1.29 is 14.5 Å². The van der Waals surface area contributed by atoms with Gasteiger partial charge in [0.05, 0.1) is 21.6 Å². The Hall–Kier alpha value is -3.28. The Bertz CT molecular complexity index is 937. The number of hydrogen-bond acceptors (Lipinski definition) is 5. The zero-order valence-electron chi connectivity index (χ0n) is 12.9. The summed E-state index contributed by atoms with van der Waals surface area (Å²) in [6, 6.07) is 15.1. The van der Waals surface area contributed by atoms with Crippen LogP contribution in [0.2, 0.25) is 0 Å². The third-order valence-electron chi connectivity index (χ3n) is 3.61. The molecule has 0 aliphatic heterocycles. The summed E-state index contributed by atoms with van der Waals surface area (Å²) < 4.78 is 5.30. The molecule has 0 bridgehead atoms. The van der Waals surface area contributed by atoms with Crippen molar-refractivity contribution >= 4 is 22.6 Å². The molecular formula is C18H14N2O4. The van der Waals surface area contributed by atoms with Crippen LogP contribution in [0.4, 0.5) is 5.69 Å². The van der Waals surface area contributed by atoms with Crippen molar-refractivity contribution in [3.05, 3.63) is 81.5 Å². The van der Waals surface area contributed by atoms with E-state index >= 15 is 0 Å². The molecule has 120 valence electrons. The van der Waals surface area contributed by atoms with Crippen molar-refractivity contribution in [3.8, 4) is 0 Å². The van der Waals surface area contributed by atoms with Crippen LogP contribution in [-0.2, 0) is 11.3 Å². The highest BCUT2D eigenvalue weighted by molar-refractivity contribution is 6.03. The average molecular weight is 322 g/mol. The zero-order valence-corrected chi connectivity index (χ0v) is 12.9. The molecule has 1 aromatic heterocycles. The van der Waals surface area contributed by atoms with Gasteiger partial charge in [0.2, 0.25) is 0 Å². The topological polar surface area (TPSA) is 82.3 Å². The fraction of sp³-hybridized carbons (Fsp3) is 0.111. The number of aromatic nitrogens is 1. The molecule has 24 heavy (non-hydrogen) atoms. The van der Waals surface area contributed by atoms with E-state index in [1.807, 2.05) is 18.2 Å². The first-order chi connectivity index (χ1) is 11.6. The van der Waals surface area contributed by atoms with E-state index in [2.05, 4.69) is 4.98 Å². The van der Waals surface area contributed by atoms with Crippen molar-refractivity contribution in [1.29, 1.82) is 0 Å². The summed E-state index contributed by atoms with van der Waals surface area (Å²) in [7, 11) is 0. The lowest BCUT2D eigenvalue weighted by molar-refractivity contribution is -0.385. The van der Waals surface area contributed by atoms with Crippen molar-refractivity contribution in [2.24, 2.45) is 0 Å². The Kier molecular flexibility index (Phi) is 4.20. The van der Waals surface area contributed by atoms with Gasteiger partial charge in [0.15, 0.2) is 0 Å². The zero-order chi connectivity index (χ0) is 17.1. The van der Waals surface area contributed by atoms with E-state index in [9.17, 15) is 14.9 Å². The van der Waals surface area contributed by atoms with Gasteiger partial charge in [-0.3, -0.25) is 15.1 Å². The van der Waals surface area contributed by atoms with Gasteiger partial charge in [0.1, 0.15) is 6.61 Å². The van der Waals surface area contributed by atoms with E-state index in [1.165, 1.54) is 6.07 Å². The second kappa shape index (κ2) is 6.45. The molecule has 2 aromatic carbocycles. The number of esters is 1. The molecule has 0 spiro atoms. The summed E-state index contributed by atoms with van der Waals surface area (Å²) in [6.07, 6.45) is 0. The minimum atomic E-state index is -0.533. The minimum absolute atomic E-state index is 0.0685. The maximum absolute atomic E-state index is 12.4. The Morgan fingerprint density at radius 1 is 1.17 bits per heavy atom. The molecule has 1 heterocycles. The molecule has 6 nitrogen and oxygen atoms in total. The maximum Gasteiger partial charge on any atom is 0.339 e. The van der Waals surface area contributed by atoms with Crippen LogP contribution in [0.5, 0.6) is 0 Å². The molecule has 0 saturated carbocycles. The van der Waals surface area contributed by atoms with Crippen LogP contribution >= 0.6 is 0 Å². The summed E-state index contributed by atoms with van der Waals surface area (Å²) in [5.74, 6) is -0.533. The molecular weight excluding hydrogens is 308 g/mol. The van der Waals surface area contributed by atoms with Crippen LogP contribution in [0.1, 0.15) is 21.6 Å². The number of nitrogens with zero attached hydrogens (tertiary/aromatic N) is 2.